The molecule has 0 unspecified atom stereocenters. The molecule has 84 valence electrons. The molecule has 1 nitrogen and oxygen atoms in total. The minimum atomic E-state index is -0.239. The number of benzene rings is 2. The Morgan fingerprint density at radius 1 is 1.12 bits per heavy atom. The zero-order valence-corrected chi connectivity index (χ0v) is 12.2. The maximum absolute atomic E-state index is 13.2. The number of hydrogen-bond donors (Lipinski definition) is 0. The third kappa shape index (κ3) is 5.06. The first kappa shape index (κ1) is 16.4. The van der Waals surface area contributed by atoms with E-state index < -0.39 is 0 Å². The molecular formula is C13H10BrFMgO. The Bertz CT molecular complexity index is 436. The van der Waals surface area contributed by atoms with E-state index in [1.165, 1.54) is 6.07 Å². The van der Waals surface area contributed by atoms with Crippen LogP contribution < -0.4 is 21.7 Å². The van der Waals surface area contributed by atoms with Gasteiger partial charge in [-0.2, -0.15) is 18.2 Å². The van der Waals surface area contributed by atoms with Gasteiger partial charge >= 0.3 is 23.1 Å². The van der Waals surface area contributed by atoms with Crippen molar-refractivity contribution in [1.29, 1.82) is 0 Å². The maximum Gasteiger partial charge on any atom is 2.00 e. The summed E-state index contributed by atoms with van der Waals surface area (Å²) < 4.78 is 18.6. The van der Waals surface area contributed by atoms with Crippen LogP contribution in [0.2, 0.25) is 0 Å². The van der Waals surface area contributed by atoms with Crippen LogP contribution in [0.3, 0.4) is 0 Å². The van der Waals surface area contributed by atoms with Crippen LogP contribution in [0.1, 0.15) is 5.56 Å². The van der Waals surface area contributed by atoms with E-state index in [0.29, 0.717) is 11.3 Å². The van der Waals surface area contributed by atoms with Crippen molar-refractivity contribution in [2.75, 3.05) is 0 Å². The third-order valence-electron chi connectivity index (χ3n) is 2.03. The molecule has 0 bridgehead atoms. The van der Waals surface area contributed by atoms with Gasteiger partial charge in [0.05, 0.1) is 6.61 Å². The predicted molar refractivity (Wildman–Crippen MR) is 61.8 cm³/mol. The zero-order valence-electron chi connectivity index (χ0n) is 9.20. The molecule has 0 heterocycles. The molecule has 0 atom stereocenters. The normalized spacial score (nSPS) is 8.76. The summed E-state index contributed by atoms with van der Waals surface area (Å²) in [5, 5.41) is 0. The number of halogens is 2. The second-order valence-electron chi connectivity index (χ2n) is 3.12. The average Bonchev–Trinajstić information content (AvgIpc) is 2.29. The van der Waals surface area contributed by atoms with Crippen LogP contribution in [0, 0.1) is 11.9 Å². The second kappa shape index (κ2) is 8.50. The van der Waals surface area contributed by atoms with E-state index in [1.807, 2.05) is 12.1 Å². The molecular weight excluding hydrogens is 295 g/mol. The van der Waals surface area contributed by atoms with Crippen molar-refractivity contribution in [3.05, 3.63) is 66.0 Å². The fourth-order valence-corrected chi connectivity index (χ4v) is 1.24. The summed E-state index contributed by atoms with van der Waals surface area (Å²) in [6.07, 6.45) is 0. The molecule has 0 saturated carbocycles. The van der Waals surface area contributed by atoms with Gasteiger partial charge in [0, 0.05) is 11.3 Å². The van der Waals surface area contributed by atoms with Gasteiger partial charge in [-0.1, -0.05) is 18.2 Å². The van der Waals surface area contributed by atoms with Gasteiger partial charge in [0.25, 0.3) is 0 Å². The van der Waals surface area contributed by atoms with E-state index in [2.05, 4.69) is 6.07 Å². The molecule has 2 aromatic rings. The molecule has 0 aliphatic heterocycles. The Labute approximate surface area is 127 Å². The van der Waals surface area contributed by atoms with E-state index >= 15 is 0 Å². The zero-order chi connectivity index (χ0) is 10.5. The summed E-state index contributed by atoms with van der Waals surface area (Å²) in [7, 11) is 0. The Kier molecular flexibility index (Phi) is 8.21. The van der Waals surface area contributed by atoms with Crippen molar-refractivity contribution in [3.8, 4) is 5.75 Å². The van der Waals surface area contributed by atoms with Crippen LogP contribution in [-0.2, 0) is 6.61 Å². The number of ether oxygens (including phenoxy) is 1. The molecule has 2 aromatic carbocycles. The molecule has 0 aliphatic carbocycles. The fourth-order valence-electron chi connectivity index (χ4n) is 1.24. The van der Waals surface area contributed by atoms with Gasteiger partial charge in [-0.15, -0.1) is 12.1 Å². The van der Waals surface area contributed by atoms with E-state index in [9.17, 15) is 4.39 Å². The van der Waals surface area contributed by atoms with Crippen molar-refractivity contribution in [2.45, 2.75) is 6.61 Å². The van der Waals surface area contributed by atoms with Crippen LogP contribution in [0.15, 0.2) is 48.5 Å². The van der Waals surface area contributed by atoms with Crippen LogP contribution in [0.25, 0.3) is 0 Å². The van der Waals surface area contributed by atoms with Gasteiger partial charge in [-0.25, -0.2) is 4.39 Å². The Balaban J connectivity index is 0.00000128. The second-order valence-corrected chi connectivity index (χ2v) is 3.12. The third-order valence-corrected chi connectivity index (χ3v) is 2.03. The molecule has 17 heavy (non-hydrogen) atoms. The average molecular weight is 305 g/mol. The minimum absolute atomic E-state index is 0. The van der Waals surface area contributed by atoms with E-state index in [0.717, 1.165) is 0 Å². The number of rotatable bonds is 3. The summed E-state index contributed by atoms with van der Waals surface area (Å²) in [5.74, 6) is 0.457. The van der Waals surface area contributed by atoms with Crippen LogP contribution in [0.4, 0.5) is 4.39 Å². The molecule has 0 radical (unpaired) electrons. The first-order valence-electron chi connectivity index (χ1n) is 4.68. The van der Waals surface area contributed by atoms with Crippen LogP contribution in [0.5, 0.6) is 5.75 Å². The van der Waals surface area contributed by atoms with Crippen molar-refractivity contribution in [2.24, 2.45) is 0 Å². The van der Waals surface area contributed by atoms with E-state index in [1.54, 1.807) is 30.3 Å². The van der Waals surface area contributed by atoms with Gasteiger partial charge in [0.2, 0.25) is 0 Å². The minimum Gasteiger partial charge on any atom is -1.00 e. The van der Waals surface area contributed by atoms with Crippen LogP contribution >= 0.6 is 0 Å². The molecule has 0 aliphatic rings. The molecule has 0 N–H and O–H groups in total. The molecule has 0 saturated heterocycles. The summed E-state index contributed by atoms with van der Waals surface area (Å²) >= 11 is 0. The summed E-state index contributed by atoms with van der Waals surface area (Å²) in [6, 6.07) is 16.6. The molecule has 0 spiro atoms. The summed E-state index contributed by atoms with van der Waals surface area (Å²) in [6.45, 7) is 0.241. The first-order valence-corrected chi connectivity index (χ1v) is 4.68. The van der Waals surface area contributed by atoms with Crippen molar-refractivity contribution >= 4 is 23.1 Å². The van der Waals surface area contributed by atoms with Crippen molar-refractivity contribution in [3.63, 3.8) is 0 Å². The fraction of sp³-hybridized carbons (Fsp3) is 0.0769. The van der Waals surface area contributed by atoms with Gasteiger partial charge in [0.1, 0.15) is 5.82 Å². The van der Waals surface area contributed by atoms with Gasteiger partial charge in [-0.3, -0.25) is 0 Å². The van der Waals surface area contributed by atoms with Gasteiger partial charge in [-0.05, 0) is 6.07 Å². The maximum atomic E-state index is 13.2. The SMILES string of the molecule is Fc1ccccc1COc1c[c-]ccc1.[Br-].[Mg+2]. The van der Waals surface area contributed by atoms with Crippen molar-refractivity contribution < 1.29 is 26.1 Å². The Morgan fingerprint density at radius 2 is 1.88 bits per heavy atom. The largest absolute Gasteiger partial charge is 2.00 e. The summed E-state index contributed by atoms with van der Waals surface area (Å²) in [4.78, 5) is 0. The smallest absolute Gasteiger partial charge is 1.00 e. The Morgan fingerprint density at radius 3 is 2.53 bits per heavy atom. The standard InChI is InChI=1S/C13H10FO.BrH.Mg/c14-13-9-5-4-6-11(13)10-15-12-7-2-1-3-8-12;;/h1-2,4-9H,10H2;1H;/q-1;;+2/p-1. The predicted octanol–water partition coefficient (Wildman–Crippen LogP) is -0.172. The molecule has 0 amide bonds. The van der Waals surface area contributed by atoms with E-state index in [4.69, 9.17) is 4.74 Å². The monoisotopic (exact) mass is 304 g/mol. The van der Waals surface area contributed by atoms with Gasteiger partial charge in [0.15, 0.2) is 0 Å². The topological polar surface area (TPSA) is 9.23 Å². The molecule has 4 heteroatoms. The van der Waals surface area contributed by atoms with Gasteiger partial charge < -0.3 is 21.7 Å². The summed E-state index contributed by atoms with van der Waals surface area (Å²) in [5.41, 5.74) is 0.557. The molecule has 2 rings (SSSR count). The first-order chi connectivity index (χ1) is 7.36. The van der Waals surface area contributed by atoms with E-state index in [-0.39, 0.29) is 52.5 Å². The van der Waals surface area contributed by atoms with Crippen molar-refractivity contribution in [1.82, 2.24) is 0 Å². The molecule has 0 aromatic heterocycles. The quantitative estimate of drug-likeness (QED) is 0.565. The Hall–Kier alpha value is -0.584. The van der Waals surface area contributed by atoms with Crippen LogP contribution in [-0.4, -0.2) is 23.1 Å². The number of hydrogen-bond acceptors (Lipinski definition) is 1. The molecule has 0 fully saturated rings.